The van der Waals surface area contributed by atoms with E-state index in [1.165, 1.54) is 17.7 Å². The van der Waals surface area contributed by atoms with Gasteiger partial charge in [0.25, 0.3) is 0 Å². The maximum atomic E-state index is 13.1. The quantitative estimate of drug-likeness (QED) is 0.418. The molecule has 0 bridgehead atoms. The van der Waals surface area contributed by atoms with Crippen LogP contribution in [0, 0.1) is 0 Å². The summed E-state index contributed by atoms with van der Waals surface area (Å²) < 4.78 is 29.3. The van der Waals surface area contributed by atoms with Crippen LogP contribution in [0.5, 0.6) is 0 Å². The zero-order chi connectivity index (χ0) is 23.0. The number of nitrogens with one attached hydrogen (secondary N) is 2. The van der Waals surface area contributed by atoms with Gasteiger partial charge in [0, 0.05) is 10.5 Å². The van der Waals surface area contributed by atoms with Crippen LogP contribution in [0.1, 0.15) is 24.5 Å². The Bertz CT molecular complexity index is 1100. The lowest BCUT2D eigenvalue weighted by Crippen LogP contribution is -2.50. The molecule has 0 saturated carbocycles. The average Bonchev–Trinajstić information content (AvgIpc) is 2.79. The minimum absolute atomic E-state index is 0.0989. The largest absolute Gasteiger partial charge is 0.352 e. The number of carbonyl (C=O) groups excluding carboxylic acids is 1. The normalized spacial score (nSPS) is 13.3. The first-order chi connectivity index (χ1) is 15.3. The minimum Gasteiger partial charge on any atom is -0.352 e. The Morgan fingerprint density at radius 2 is 1.44 bits per heavy atom. The Kier molecular flexibility index (Phi) is 8.61. The number of rotatable bonds is 10. The molecule has 0 heterocycles. The molecule has 0 radical (unpaired) electrons. The highest BCUT2D eigenvalue weighted by molar-refractivity contribution is 9.10. The predicted molar refractivity (Wildman–Crippen MR) is 131 cm³/mol. The maximum absolute atomic E-state index is 13.1. The molecule has 3 aromatic carbocycles. The zero-order valence-electron chi connectivity index (χ0n) is 17.9. The summed E-state index contributed by atoms with van der Waals surface area (Å²) in [6.07, 6.45) is 1.84. The van der Waals surface area contributed by atoms with Gasteiger partial charge in [-0.2, -0.15) is 4.72 Å². The van der Waals surface area contributed by atoms with E-state index in [0.29, 0.717) is 0 Å². The molecule has 7 heteroatoms. The number of amides is 1. The van der Waals surface area contributed by atoms with E-state index in [1.807, 2.05) is 55.5 Å². The number of benzene rings is 3. The molecule has 0 fully saturated rings. The minimum atomic E-state index is -3.86. The van der Waals surface area contributed by atoms with Gasteiger partial charge in [0.15, 0.2) is 0 Å². The standard InChI is InChI=1S/C25H27BrN2O3S/c1-19(12-13-20-8-4-2-5-9-20)27-25(29)24(18-21-10-6-3-7-11-21)28-32(30,31)23-16-14-22(26)15-17-23/h2-11,14-17,19,24,28H,12-13,18H2,1H3,(H,27,29)/t19-,24+/m1/s1. The Morgan fingerprint density at radius 1 is 0.875 bits per heavy atom. The third kappa shape index (κ3) is 7.29. The Labute approximate surface area is 198 Å². The van der Waals surface area contributed by atoms with E-state index < -0.39 is 16.1 Å². The molecule has 1 amide bonds. The van der Waals surface area contributed by atoms with Gasteiger partial charge < -0.3 is 5.32 Å². The van der Waals surface area contributed by atoms with E-state index >= 15 is 0 Å². The molecule has 0 saturated heterocycles. The van der Waals surface area contributed by atoms with Crippen molar-refractivity contribution in [3.63, 3.8) is 0 Å². The molecule has 0 aliphatic carbocycles. The molecular formula is C25H27BrN2O3S. The van der Waals surface area contributed by atoms with Gasteiger partial charge in [-0.15, -0.1) is 0 Å². The molecule has 168 valence electrons. The molecule has 0 spiro atoms. The van der Waals surface area contributed by atoms with Crippen LogP contribution in [-0.2, 0) is 27.7 Å². The van der Waals surface area contributed by atoms with E-state index in [4.69, 9.17) is 0 Å². The molecule has 0 aromatic heterocycles. The monoisotopic (exact) mass is 514 g/mol. The van der Waals surface area contributed by atoms with Crippen LogP contribution in [0.25, 0.3) is 0 Å². The van der Waals surface area contributed by atoms with Crippen molar-refractivity contribution in [1.29, 1.82) is 0 Å². The Balaban J connectivity index is 1.71. The van der Waals surface area contributed by atoms with Crippen LogP contribution in [-0.4, -0.2) is 26.4 Å². The van der Waals surface area contributed by atoms with Crippen LogP contribution in [0.4, 0.5) is 0 Å². The van der Waals surface area contributed by atoms with Crippen molar-refractivity contribution in [3.8, 4) is 0 Å². The summed E-state index contributed by atoms with van der Waals surface area (Å²) in [6.45, 7) is 1.93. The molecule has 2 atom stereocenters. The van der Waals surface area contributed by atoms with Gasteiger partial charge in [-0.05, 0) is 61.6 Å². The highest BCUT2D eigenvalue weighted by atomic mass is 79.9. The third-order valence-electron chi connectivity index (χ3n) is 5.12. The summed E-state index contributed by atoms with van der Waals surface area (Å²) in [5.41, 5.74) is 2.08. The summed E-state index contributed by atoms with van der Waals surface area (Å²) in [6, 6.07) is 24.8. The molecule has 2 N–H and O–H groups in total. The number of carbonyl (C=O) groups is 1. The second-order valence-corrected chi connectivity index (χ2v) is 10.4. The van der Waals surface area contributed by atoms with Crippen LogP contribution in [0.3, 0.4) is 0 Å². The van der Waals surface area contributed by atoms with Crippen molar-refractivity contribution >= 4 is 31.9 Å². The highest BCUT2D eigenvalue weighted by Gasteiger charge is 2.27. The highest BCUT2D eigenvalue weighted by Crippen LogP contribution is 2.16. The van der Waals surface area contributed by atoms with E-state index in [2.05, 4.69) is 38.1 Å². The predicted octanol–water partition coefficient (Wildman–Crippen LogP) is 4.48. The van der Waals surface area contributed by atoms with Crippen LogP contribution >= 0.6 is 15.9 Å². The average molecular weight is 515 g/mol. The van der Waals surface area contributed by atoms with Crippen molar-refractivity contribution in [1.82, 2.24) is 10.0 Å². The lowest BCUT2D eigenvalue weighted by atomic mass is 10.0. The van der Waals surface area contributed by atoms with Gasteiger partial charge in [-0.25, -0.2) is 8.42 Å². The molecule has 0 aliphatic rings. The number of sulfonamides is 1. The number of aryl methyl sites for hydroxylation is 1. The smallest absolute Gasteiger partial charge is 0.241 e. The van der Waals surface area contributed by atoms with E-state index in [-0.39, 0.29) is 23.3 Å². The summed E-state index contributed by atoms with van der Waals surface area (Å²) in [7, 11) is -3.86. The van der Waals surface area contributed by atoms with Crippen LogP contribution in [0.2, 0.25) is 0 Å². The van der Waals surface area contributed by atoms with Crippen molar-refractivity contribution in [3.05, 3.63) is 101 Å². The fourth-order valence-electron chi connectivity index (χ4n) is 3.35. The lowest BCUT2D eigenvalue weighted by Gasteiger charge is -2.22. The molecule has 0 unspecified atom stereocenters. The summed E-state index contributed by atoms with van der Waals surface area (Å²) in [4.78, 5) is 13.2. The van der Waals surface area contributed by atoms with E-state index in [1.54, 1.807) is 12.1 Å². The third-order valence-corrected chi connectivity index (χ3v) is 7.13. The molecule has 32 heavy (non-hydrogen) atoms. The van der Waals surface area contributed by atoms with Gasteiger partial charge in [-0.3, -0.25) is 4.79 Å². The number of hydrogen-bond donors (Lipinski definition) is 2. The molecular weight excluding hydrogens is 488 g/mol. The van der Waals surface area contributed by atoms with Gasteiger partial charge in [0.2, 0.25) is 15.9 Å². The fourth-order valence-corrected chi connectivity index (χ4v) is 4.81. The lowest BCUT2D eigenvalue weighted by molar-refractivity contribution is -0.123. The Morgan fingerprint density at radius 3 is 2.03 bits per heavy atom. The van der Waals surface area contributed by atoms with Crippen molar-refractivity contribution in [2.45, 2.75) is 43.2 Å². The first-order valence-corrected chi connectivity index (χ1v) is 12.8. The number of halogens is 1. The first kappa shape index (κ1) is 24.2. The van der Waals surface area contributed by atoms with Crippen molar-refractivity contribution < 1.29 is 13.2 Å². The van der Waals surface area contributed by atoms with Crippen LogP contribution in [0.15, 0.2) is 94.3 Å². The number of hydrogen-bond acceptors (Lipinski definition) is 3. The first-order valence-electron chi connectivity index (χ1n) is 10.5. The second-order valence-electron chi connectivity index (χ2n) is 7.75. The summed E-state index contributed by atoms with van der Waals surface area (Å²) >= 11 is 3.31. The van der Waals surface area contributed by atoms with Gasteiger partial charge in [0.1, 0.15) is 6.04 Å². The van der Waals surface area contributed by atoms with Crippen molar-refractivity contribution in [2.24, 2.45) is 0 Å². The van der Waals surface area contributed by atoms with E-state index in [0.717, 1.165) is 22.9 Å². The van der Waals surface area contributed by atoms with Crippen LogP contribution < -0.4 is 10.0 Å². The maximum Gasteiger partial charge on any atom is 0.241 e. The van der Waals surface area contributed by atoms with Crippen molar-refractivity contribution in [2.75, 3.05) is 0 Å². The van der Waals surface area contributed by atoms with Gasteiger partial charge in [0.05, 0.1) is 4.90 Å². The fraction of sp³-hybridized carbons (Fsp3) is 0.240. The zero-order valence-corrected chi connectivity index (χ0v) is 20.3. The van der Waals surface area contributed by atoms with Gasteiger partial charge in [-0.1, -0.05) is 76.6 Å². The summed E-state index contributed by atoms with van der Waals surface area (Å²) in [5.74, 6) is -0.338. The summed E-state index contributed by atoms with van der Waals surface area (Å²) in [5, 5.41) is 2.98. The SMILES string of the molecule is C[C@H](CCc1ccccc1)NC(=O)[C@H](Cc1ccccc1)NS(=O)(=O)c1ccc(Br)cc1. The molecule has 3 rings (SSSR count). The van der Waals surface area contributed by atoms with E-state index in [9.17, 15) is 13.2 Å². The molecule has 5 nitrogen and oxygen atoms in total. The Hall–Kier alpha value is -2.48. The van der Waals surface area contributed by atoms with Gasteiger partial charge >= 0.3 is 0 Å². The molecule has 0 aliphatic heterocycles. The second kappa shape index (κ2) is 11.4. The topological polar surface area (TPSA) is 75.3 Å². The molecule has 3 aromatic rings.